The fraction of sp³-hybridized carbons (Fsp3) is 0.800. The van der Waals surface area contributed by atoms with Gasteiger partial charge < -0.3 is 5.32 Å². The summed E-state index contributed by atoms with van der Waals surface area (Å²) >= 11 is 0. The topological polar surface area (TPSA) is 29.9 Å². The summed E-state index contributed by atoms with van der Waals surface area (Å²) in [6, 6.07) is 0. The minimum absolute atomic E-state index is 0.733. The van der Waals surface area contributed by atoms with Crippen LogP contribution in [-0.4, -0.2) is 22.9 Å². The van der Waals surface area contributed by atoms with Crippen molar-refractivity contribution in [2.75, 3.05) is 13.1 Å². The van der Waals surface area contributed by atoms with Crippen molar-refractivity contribution in [1.82, 2.24) is 15.1 Å². The zero-order chi connectivity index (χ0) is 13.5. The van der Waals surface area contributed by atoms with Crippen LogP contribution in [0.2, 0.25) is 0 Å². The zero-order valence-corrected chi connectivity index (χ0v) is 12.6. The molecule has 1 N–H and O–H groups in total. The van der Waals surface area contributed by atoms with Crippen molar-refractivity contribution in [3.8, 4) is 0 Å². The quantitative estimate of drug-likeness (QED) is 0.770. The highest BCUT2D eigenvalue weighted by molar-refractivity contribution is 5.03. The Hall–Kier alpha value is -0.830. The molecule has 0 fully saturated rings. The molecule has 3 heteroatoms. The summed E-state index contributed by atoms with van der Waals surface area (Å²) in [5.41, 5.74) is 1.35. The first-order chi connectivity index (χ1) is 8.49. The Labute approximate surface area is 112 Å². The molecule has 1 unspecified atom stereocenters. The monoisotopic (exact) mass is 251 g/mol. The maximum atomic E-state index is 4.23. The maximum absolute atomic E-state index is 4.23. The predicted molar refractivity (Wildman–Crippen MR) is 77.6 cm³/mol. The molecule has 0 saturated heterocycles. The van der Waals surface area contributed by atoms with Gasteiger partial charge in [-0.15, -0.1) is 0 Å². The molecular formula is C15H29N3. The van der Waals surface area contributed by atoms with Crippen LogP contribution in [0.3, 0.4) is 0 Å². The third kappa shape index (κ3) is 5.67. The average Bonchev–Trinajstić information content (AvgIpc) is 2.68. The first-order valence-corrected chi connectivity index (χ1v) is 7.17. The van der Waals surface area contributed by atoms with Crippen LogP contribution in [0, 0.1) is 17.8 Å². The summed E-state index contributed by atoms with van der Waals surface area (Å²) in [5, 5.41) is 7.81. The largest absolute Gasteiger partial charge is 0.316 e. The van der Waals surface area contributed by atoms with Crippen molar-refractivity contribution in [3.05, 3.63) is 18.0 Å². The molecular weight excluding hydrogens is 222 g/mol. The molecule has 18 heavy (non-hydrogen) atoms. The minimum atomic E-state index is 0.733. The van der Waals surface area contributed by atoms with E-state index in [1.165, 1.54) is 12.0 Å². The Morgan fingerprint density at radius 1 is 1.22 bits per heavy atom. The van der Waals surface area contributed by atoms with E-state index in [1.54, 1.807) is 0 Å². The fourth-order valence-corrected chi connectivity index (χ4v) is 2.18. The lowest BCUT2D eigenvalue weighted by atomic mass is 9.90. The molecule has 1 atom stereocenters. The fourth-order valence-electron chi connectivity index (χ4n) is 2.18. The SMILES string of the molecule is CC(C)CNCC(CCc1cnn(C)c1)C(C)C. The number of aryl methyl sites for hydroxylation is 2. The molecule has 0 aromatic carbocycles. The number of hydrogen-bond acceptors (Lipinski definition) is 2. The molecule has 0 saturated carbocycles. The Bertz CT molecular complexity index is 328. The summed E-state index contributed by atoms with van der Waals surface area (Å²) < 4.78 is 1.89. The Morgan fingerprint density at radius 3 is 2.44 bits per heavy atom. The van der Waals surface area contributed by atoms with Crippen molar-refractivity contribution in [2.24, 2.45) is 24.8 Å². The van der Waals surface area contributed by atoms with E-state index >= 15 is 0 Å². The van der Waals surface area contributed by atoms with Crippen LogP contribution in [0.1, 0.15) is 39.7 Å². The molecule has 1 rings (SSSR count). The molecule has 1 aromatic rings. The standard InChI is InChI=1S/C15H29N3/c1-12(2)8-16-10-15(13(3)4)7-6-14-9-17-18(5)11-14/h9,11-13,15-16H,6-8,10H2,1-5H3. The van der Waals surface area contributed by atoms with Gasteiger partial charge in [-0.05, 0) is 49.2 Å². The lowest BCUT2D eigenvalue weighted by molar-refractivity contribution is 0.334. The van der Waals surface area contributed by atoms with Gasteiger partial charge >= 0.3 is 0 Å². The van der Waals surface area contributed by atoms with Crippen LogP contribution in [0.5, 0.6) is 0 Å². The number of nitrogens with zero attached hydrogens (tertiary/aromatic N) is 2. The van der Waals surface area contributed by atoms with Crippen LogP contribution in [0.15, 0.2) is 12.4 Å². The predicted octanol–water partition coefficient (Wildman–Crippen LogP) is 2.87. The van der Waals surface area contributed by atoms with E-state index in [2.05, 4.69) is 44.3 Å². The van der Waals surface area contributed by atoms with Crippen molar-refractivity contribution >= 4 is 0 Å². The molecule has 0 bridgehead atoms. The molecule has 104 valence electrons. The number of nitrogens with one attached hydrogen (secondary N) is 1. The number of aromatic nitrogens is 2. The summed E-state index contributed by atoms with van der Waals surface area (Å²) in [6.07, 6.45) is 6.49. The Morgan fingerprint density at radius 2 is 1.94 bits per heavy atom. The number of rotatable bonds is 8. The van der Waals surface area contributed by atoms with Gasteiger partial charge in [0.2, 0.25) is 0 Å². The first kappa shape index (κ1) is 15.2. The van der Waals surface area contributed by atoms with Gasteiger partial charge in [0.25, 0.3) is 0 Å². The number of hydrogen-bond donors (Lipinski definition) is 1. The van der Waals surface area contributed by atoms with Crippen LogP contribution in [0.25, 0.3) is 0 Å². The van der Waals surface area contributed by atoms with Crippen molar-refractivity contribution in [3.63, 3.8) is 0 Å². The molecule has 0 spiro atoms. The molecule has 1 heterocycles. The third-order valence-electron chi connectivity index (χ3n) is 3.46. The molecule has 0 aliphatic rings. The van der Waals surface area contributed by atoms with Crippen molar-refractivity contribution < 1.29 is 0 Å². The second-order valence-corrected chi connectivity index (χ2v) is 6.12. The highest BCUT2D eigenvalue weighted by Gasteiger charge is 2.13. The van der Waals surface area contributed by atoms with E-state index in [0.29, 0.717) is 0 Å². The van der Waals surface area contributed by atoms with Gasteiger partial charge in [-0.1, -0.05) is 27.7 Å². The zero-order valence-electron chi connectivity index (χ0n) is 12.6. The van der Waals surface area contributed by atoms with Crippen molar-refractivity contribution in [1.29, 1.82) is 0 Å². The average molecular weight is 251 g/mol. The van der Waals surface area contributed by atoms with E-state index < -0.39 is 0 Å². The van der Waals surface area contributed by atoms with Gasteiger partial charge in [0.15, 0.2) is 0 Å². The minimum Gasteiger partial charge on any atom is -0.316 e. The normalized spacial score (nSPS) is 13.5. The molecule has 0 amide bonds. The van der Waals surface area contributed by atoms with Gasteiger partial charge in [-0.25, -0.2) is 0 Å². The first-order valence-electron chi connectivity index (χ1n) is 7.17. The van der Waals surface area contributed by atoms with Crippen LogP contribution in [0.4, 0.5) is 0 Å². The summed E-state index contributed by atoms with van der Waals surface area (Å²) in [4.78, 5) is 0. The second-order valence-electron chi connectivity index (χ2n) is 6.12. The molecule has 1 aromatic heterocycles. The van der Waals surface area contributed by atoms with Crippen LogP contribution < -0.4 is 5.32 Å². The molecule has 3 nitrogen and oxygen atoms in total. The van der Waals surface area contributed by atoms with E-state index in [1.807, 2.05) is 17.9 Å². The Balaban J connectivity index is 2.33. The summed E-state index contributed by atoms with van der Waals surface area (Å²) in [6.45, 7) is 11.4. The van der Waals surface area contributed by atoms with Gasteiger partial charge in [-0.2, -0.15) is 5.10 Å². The van der Waals surface area contributed by atoms with Gasteiger partial charge in [0.1, 0.15) is 0 Å². The third-order valence-corrected chi connectivity index (χ3v) is 3.46. The van der Waals surface area contributed by atoms with Crippen LogP contribution in [-0.2, 0) is 13.5 Å². The summed E-state index contributed by atoms with van der Waals surface area (Å²) in [5.74, 6) is 2.22. The second kappa shape index (κ2) is 7.57. The lowest BCUT2D eigenvalue weighted by Crippen LogP contribution is -2.29. The van der Waals surface area contributed by atoms with Crippen molar-refractivity contribution in [2.45, 2.75) is 40.5 Å². The van der Waals surface area contributed by atoms with Crippen LogP contribution >= 0.6 is 0 Å². The highest BCUT2D eigenvalue weighted by Crippen LogP contribution is 2.17. The van der Waals surface area contributed by atoms with Gasteiger partial charge in [0, 0.05) is 13.2 Å². The van der Waals surface area contributed by atoms with E-state index in [9.17, 15) is 0 Å². The van der Waals surface area contributed by atoms with E-state index in [0.717, 1.165) is 37.3 Å². The smallest absolute Gasteiger partial charge is 0.0521 e. The summed E-state index contributed by atoms with van der Waals surface area (Å²) in [7, 11) is 1.98. The van der Waals surface area contributed by atoms with Gasteiger partial charge in [0.05, 0.1) is 6.20 Å². The maximum Gasteiger partial charge on any atom is 0.0521 e. The Kier molecular flexibility index (Phi) is 6.41. The lowest BCUT2D eigenvalue weighted by Gasteiger charge is -2.21. The molecule has 0 radical (unpaired) electrons. The van der Waals surface area contributed by atoms with E-state index in [-0.39, 0.29) is 0 Å². The molecule has 0 aliphatic heterocycles. The van der Waals surface area contributed by atoms with E-state index in [4.69, 9.17) is 0 Å². The molecule has 0 aliphatic carbocycles. The highest BCUT2D eigenvalue weighted by atomic mass is 15.2. The van der Waals surface area contributed by atoms with Gasteiger partial charge in [-0.3, -0.25) is 4.68 Å².